The maximum Gasteiger partial charge on any atom is 0.348 e. The fourth-order valence-electron chi connectivity index (χ4n) is 2.39. The average Bonchev–Trinajstić information content (AvgIpc) is 3.30. The molecule has 0 atom stereocenters. The van der Waals surface area contributed by atoms with Gasteiger partial charge in [0.15, 0.2) is 4.96 Å². The minimum Gasteiger partial charge on any atom is -0.455 e. The van der Waals surface area contributed by atoms with Crippen LogP contribution in [0.25, 0.3) is 15.4 Å². The van der Waals surface area contributed by atoms with E-state index in [4.69, 9.17) is 16.3 Å². The van der Waals surface area contributed by atoms with Gasteiger partial charge in [0.2, 0.25) is 0 Å². The first-order chi connectivity index (χ1) is 12.6. The first kappa shape index (κ1) is 17.0. The highest BCUT2D eigenvalue weighted by molar-refractivity contribution is 7.17. The molecule has 1 aromatic carbocycles. The van der Waals surface area contributed by atoms with Gasteiger partial charge in [0.05, 0.1) is 5.69 Å². The molecule has 0 aliphatic carbocycles. The Morgan fingerprint density at radius 1 is 1.19 bits per heavy atom. The van der Waals surface area contributed by atoms with Crippen molar-refractivity contribution < 1.29 is 9.53 Å². The normalized spacial score (nSPS) is 11.0. The summed E-state index contributed by atoms with van der Waals surface area (Å²) in [5.74, 6) is -0.441. The third-order valence-electron chi connectivity index (χ3n) is 3.64. The molecule has 130 valence electrons. The van der Waals surface area contributed by atoms with Gasteiger partial charge in [-0.05, 0) is 29.8 Å². The molecular weight excluding hydrogens is 392 g/mol. The summed E-state index contributed by atoms with van der Waals surface area (Å²) in [5, 5.41) is 2.44. The largest absolute Gasteiger partial charge is 0.455 e. The highest BCUT2D eigenvalue weighted by Crippen LogP contribution is 2.29. The third kappa shape index (κ3) is 3.41. The summed E-state index contributed by atoms with van der Waals surface area (Å²) in [6.45, 7) is -0.0450. The number of esters is 1. The number of rotatable bonds is 4. The van der Waals surface area contributed by atoms with E-state index in [0.29, 0.717) is 20.6 Å². The Morgan fingerprint density at radius 2 is 2.00 bits per heavy atom. The van der Waals surface area contributed by atoms with Crippen molar-refractivity contribution in [2.75, 3.05) is 0 Å². The second kappa shape index (κ2) is 7.03. The van der Waals surface area contributed by atoms with Crippen molar-refractivity contribution in [2.24, 2.45) is 0 Å². The maximum atomic E-state index is 12.3. The predicted octanol–water partition coefficient (Wildman–Crippen LogP) is 4.49. The summed E-state index contributed by atoms with van der Waals surface area (Å²) in [5.41, 5.74) is 1.22. The molecule has 0 saturated carbocycles. The van der Waals surface area contributed by atoms with Crippen LogP contribution in [0.4, 0.5) is 0 Å². The third-order valence-corrected chi connectivity index (χ3v) is 5.77. The van der Waals surface area contributed by atoms with Crippen LogP contribution >= 0.6 is 34.3 Å². The van der Waals surface area contributed by atoms with Crippen molar-refractivity contribution in [2.45, 2.75) is 6.61 Å². The van der Waals surface area contributed by atoms with Crippen molar-refractivity contribution in [1.82, 2.24) is 9.38 Å². The van der Waals surface area contributed by atoms with Gasteiger partial charge in [-0.1, -0.05) is 23.7 Å². The van der Waals surface area contributed by atoms with Crippen LogP contribution in [-0.2, 0) is 11.3 Å². The van der Waals surface area contributed by atoms with Crippen LogP contribution < -0.4 is 5.56 Å². The number of hydrogen-bond donors (Lipinski definition) is 0. The zero-order valence-corrected chi connectivity index (χ0v) is 15.6. The topological polar surface area (TPSA) is 60.7 Å². The summed E-state index contributed by atoms with van der Waals surface area (Å²) in [6, 6.07) is 12.4. The zero-order chi connectivity index (χ0) is 18.1. The molecule has 0 bridgehead atoms. The molecule has 4 rings (SSSR count). The summed E-state index contributed by atoms with van der Waals surface area (Å²) < 4.78 is 6.76. The Balaban J connectivity index is 1.48. The van der Waals surface area contributed by atoms with E-state index < -0.39 is 5.97 Å². The van der Waals surface area contributed by atoms with E-state index in [1.165, 1.54) is 33.1 Å². The highest BCUT2D eigenvalue weighted by Gasteiger charge is 2.13. The molecule has 0 N–H and O–H groups in total. The standard InChI is InChI=1S/C18H11ClN2O3S2/c19-12-3-1-11(2-4-12)14-5-6-15(26-14)17(23)24-10-13-9-16(22)21-7-8-25-18(21)20-13/h1-9H,10H2. The van der Waals surface area contributed by atoms with E-state index in [0.717, 1.165) is 10.4 Å². The number of thiophene rings is 1. The van der Waals surface area contributed by atoms with Gasteiger partial charge in [-0.15, -0.1) is 22.7 Å². The van der Waals surface area contributed by atoms with Crippen molar-refractivity contribution >= 4 is 45.2 Å². The minimum absolute atomic E-state index is 0.0450. The zero-order valence-electron chi connectivity index (χ0n) is 13.2. The molecule has 3 heterocycles. The Bertz CT molecular complexity index is 1150. The predicted molar refractivity (Wildman–Crippen MR) is 103 cm³/mol. The van der Waals surface area contributed by atoms with E-state index in [9.17, 15) is 9.59 Å². The van der Waals surface area contributed by atoms with Gasteiger partial charge in [0.25, 0.3) is 5.56 Å². The van der Waals surface area contributed by atoms with Gasteiger partial charge in [0.1, 0.15) is 11.5 Å². The molecule has 0 saturated heterocycles. The number of nitrogens with zero attached hydrogens (tertiary/aromatic N) is 2. The summed E-state index contributed by atoms with van der Waals surface area (Å²) in [4.78, 5) is 30.5. The van der Waals surface area contributed by atoms with Crippen LogP contribution in [-0.4, -0.2) is 15.4 Å². The number of hydrogen-bond acceptors (Lipinski definition) is 6. The van der Waals surface area contributed by atoms with Crippen LogP contribution in [0.1, 0.15) is 15.4 Å². The number of ether oxygens (including phenoxy) is 1. The van der Waals surface area contributed by atoms with Gasteiger partial charge in [0, 0.05) is 27.5 Å². The molecule has 4 aromatic rings. The van der Waals surface area contributed by atoms with Gasteiger partial charge >= 0.3 is 5.97 Å². The molecule has 26 heavy (non-hydrogen) atoms. The molecular formula is C18H11ClN2O3S2. The Hall–Kier alpha value is -2.48. The Morgan fingerprint density at radius 3 is 2.81 bits per heavy atom. The molecule has 3 aromatic heterocycles. The second-order valence-electron chi connectivity index (χ2n) is 5.39. The van der Waals surface area contributed by atoms with E-state index in [1.807, 2.05) is 18.2 Å². The van der Waals surface area contributed by atoms with E-state index in [2.05, 4.69) is 4.98 Å². The van der Waals surface area contributed by atoms with E-state index in [-0.39, 0.29) is 12.2 Å². The molecule has 0 aliphatic rings. The van der Waals surface area contributed by atoms with E-state index >= 15 is 0 Å². The van der Waals surface area contributed by atoms with Crippen molar-refractivity contribution in [3.05, 3.63) is 80.0 Å². The van der Waals surface area contributed by atoms with Crippen molar-refractivity contribution in [3.8, 4) is 10.4 Å². The van der Waals surface area contributed by atoms with Gasteiger partial charge in [-0.2, -0.15) is 0 Å². The lowest BCUT2D eigenvalue weighted by atomic mass is 10.2. The fourth-order valence-corrected chi connectivity index (χ4v) is 4.16. The lowest BCUT2D eigenvalue weighted by Crippen LogP contribution is -2.14. The number of fused-ring (bicyclic) bond motifs is 1. The Labute approximate surface area is 161 Å². The van der Waals surface area contributed by atoms with Crippen LogP contribution in [0.2, 0.25) is 5.02 Å². The molecule has 0 unspecified atom stereocenters. The number of halogens is 1. The number of thiazole rings is 1. The lowest BCUT2D eigenvalue weighted by molar-refractivity contribution is 0.0473. The first-order valence-corrected chi connectivity index (χ1v) is 9.66. The van der Waals surface area contributed by atoms with Crippen LogP contribution in [0.5, 0.6) is 0 Å². The SMILES string of the molecule is O=C(OCc1cc(=O)n2ccsc2n1)c1ccc(-c2ccc(Cl)cc2)s1. The number of aromatic nitrogens is 2. The maximum absolute atomic E-state index is 12.3. The fraction of sp³-hybridized carbons (Fsp3) is 0.0556. The average molecular weight is 403 g/mol. The number of benzene rings is 1. The Kier molecular flexibility index (Phi) is 4.58. The first-order valence-electron chi connectivity index (χ1n) is 7.59. The van der Waals surface area contributed by atoms with Crippen LogP contribution in [0, 0.1) is 0 Å². The van der Waals surface area contributed by atoms with Crippen molar-refractivity contribution in [1.29, 1.82) is 0 Å². The molecule has 0 spiro atoms. The van der Waals surface area contributed by atoms with Crippen LogP contribution in [0.3, 0.4) is 0 Å². The van der Waals surface area contributed by atoms with Gasteiger partial charge in [-0.3, -0.25) is 9.20 Å². The molecule has 0 radical (unpaired) electrons. The summed E-state index contributed by atoms with van der Waals surface area (Å²) >= 11 is 8.59. The monoisotopic (exact) mass is 402 g/mol. The quantitative estimate of drug-likeness (QED) is 0.472. The van der Waals surface area contributed by atoms with Gasteiger partial charge in [-0.25, -0.2) is 9.78 Å². The highest BCUT2D eigenvalue weighted by atomic mass is 35.5. The van der Waals surface area contributed by atoms with Crippen LogP contribution in [0.15, 0.2) is 58.8 Å². The minimum atomic E-state index is -0.441. The summed E-state index contributed by atoms with van der Waals surface area (Å²) in [6.07, 6.45) is 1.66. The molecule has 0 aliphatic heterocycles. The molecule has 8 heteroatoms. The smallest absolute Gasteiger partial charge is 0.348 e. The molecule has 0 fully saturated rings. The lowest BCUT2D eigenvalue weighted by Gasteiger charge is -2.03. The summed E-state index contributed by atoms with van der Waals surface area (Å²) in [7, 11) is 0. The van der Waals surface area contributed by atoms with Crippen molar-refractivity contribution in [3.63, 3.8) is 0 Å². The van der Waals surface area contributed by atoms with E-state index in [1.54, 1.807) is 29.8 Å². The second-order valence-corrected chi connectivity index (χ2v) is 7.78. The number of carbonyl (C=O) groups excluding carboxylic acids is 1. The van der Waals surface area contributed by atoms with Gasteiger partial charge < -0.3 is 4.74 Å². The molecule has 0 amide bonds. The molecule has 5 nitrogen and oxygen atoms in total. The number of carbonyl (C=O) groups is 1.